The molecule has 3 rings (SSSR count). The van der Waals surface area contributed by atoms with Crippen molar-refractivity contribution in [1.29, 1.82) is 0 Å². The van der Waals surface area contributed by atoms with Gasteiger partial charge < -0.3 is 5.73 Å². The molecule has 0 bridgehead atoms. The van der Waals surface area contributed by atoms with Gasteiger partial charge in [0.05, 0.1) is 0 Å². The quantitative estimate of drug-likeness (QED) is 0.812. The first-order chi connectivity index (χ1) is 7.72. The highest BCUT2D eigenvalue weighted by Gasteiger charge is 2.57. The number of hydrogen-bond donors (Lipinski definition) is 1. The van der Waals surface area contributed by atoms with Crippen molar-refractivity contribution in [3.63, 3.8) is 0 Å². The van der Waals surface area contributed by atoms with Crippen molar-refractivity contribution in [3.8, 4) is 0 Å². The van der Waals surface area contributed by atoms with E-state index in [1.807, 2.05) is 12.1 Å². The Hall–Kier alpha value is -0.890. The summed E-state index contributed by atoms with van der Waals surface area (Å²) in [6.45, 7) is 0. The second-order valence-corrected chi connectivity index (χ2v) is 5.37. The summed E-state index contributed by atoms with van der Waals surface area (Å²) in [5, 5.41) is 0. The first-order valence-corrected chi connectivity index (χ1v) is 6.25. The molecule has 0 aliphatic heterocycles. The second kappa shape index (κ2) is 3.56. The maximum absolute atomic E-state index is 13.7. The van der Waals surface area contributed by atoms with Crippen LogP contribution >= 0.6 is 0 Å². The average Bonchev–Trinajstić information content (AvgIpc) is 2.77. The molecular formula is C14H18FN. The molecule has 0 radical (unpaired) electrons. The van der Waals surface area contributed by atoms with Crippen LogP contribution in [-0.2, 0) is 0 Å². The Morgan fingerprint density at radius 1 is 1.19 bits per heavy atom. The lowest BCUT2D eigenvalue weighted by molar-refractivity contribution is 0.402. The number of nitrogens with two attached hydrogens (primary N) is 1. The fraction of sp³-hybridized carbons (Fsp3) is 0.571. The second-order valence-electron chi connectivity index (χ2n) is 5.37. The van der Waals surface area contributed by atoms with E-state index in [1.54, 1.807) is 12.1 Å². The first kappa shape index (κ1) is 10.3. The molecule has 2 N–H and O–H groups in total. The van der Waals surface area contributed by atoms with Gasteiger partial charge in [-0.3, -0.25) is 0 Å². The maximum atomic E-state index is 13.7. The molecule has 2 aliphatic rings. The molecule has 0 saturated heterocycles. The van der Waals surface area contributed by atoms with Gasteiger partial charge in [0.15, 0.2) is 0 Å². The Morgan fingerprint density at radius 3 is 2.56 bits per heavy atom. The van der Waals surface area contributed by atoms with Crippen molar-refractivity contribution in [3.05, 3.63) is 35.6 Å². The van der Waals surface area contributed by atoms with Crippen molar-refractivity contribution in [2.75, 3.05) is 0 Å². The molecular weight excluding hydrogens is 201 g/mol. The van der Waals surface area contributed by atoms with Gasteiger partial charge in [-0.25, -0.2) is 4.39 Å². The summed E-state index contributed by atoms with van der Waals surface area (Å²) in [4.78, 5) is 0. The zero-order valence-electron chi connectivity index (χ0n) is 9.45. The molecule has 0 amide bonds. The predicted molar refractivity (Wildman–Crippen MR) is 62.6 cm³/mol. The fourth-order valence-electron chi connectivity index (χ4n) is 3.37. The summed E-state index contributed by atoms with van der Waals surface area (Å²) in [6, 6.07) is 7.09. The van der Waals surface area contributed by atoms with Crippen LogP contribution in [0.2, 0.25) is 0 Å². The average molecular weight is 219 g/mol. The summed E-state index contributed by atoms with van der Waals surface area (Å²) >= 11 is 0. The predicted octanol–water partition coefficient (Wildman–Crippen LogP) is 3.20. The topological polar surface area (TPSA) is 26.0 Å². The maximum Gasteiger partial charge on any atom is 0.126 e. The minimum atomic E-state index is -0.0985. The number of halogens is 1. The summed E-state index contributed by atoms with van der Waals surface area (Å²) < 4.78 is 13.7. The van der Waals surface area contributed by atoms with Gasteiger partial charge in [-0.05, 0) is 36.8 Å². The molecule has 2 aliphatic carbocycles. The zero-order chi connectivity index (χ0) is 11.2. The Morgan fingerprint density at radius 2 is 1.88 bits per heavy atom. The van der Waals surface area contributed by atoms with Crippen LogP contribution < -0.4 is 5.73 Å². The molecule has 1 nitrogen and oxygen atoms in total. The summed E-state index contributed by atoms with van der Waals surface area (Å²) in [5.74, 6) is 0.798. The molecule has 2 unspecified atom stereocenters. The monoisotopic (exact) mass is 219 g/mol. The Balaban J connectivity index is 1.82. The third kappa shape index (κ3) is 1.47. The van der Waals surface area contributed by atoms with E-state index in [2.05, 4.69) is 0 Å². The minimum Gasteiger partial charge on any atom is -0.324 e. The summed E-state index contributed by atoms with van der Waals surface area (Å²) in [7, 11) is 0. The Kier molecular flexibility index (Phi) is 2.28. The van der Waals surface area contributed by atoms with Crippen LogP contribution in [0.5, 0.6) is 0 Å². The van der Waals surface area contributed by atoms with Gasteiger partial charge in [0, 0.05) is 11.5 Å². The lowest BCUT2D eigenvalue weighted by Gasteiger charge is -2.19. The molecule has 2 fully saturated rings. The highest BCUT2D eigenvalue weighted by Crippen LogP contribution is 2.57. The molecule has 0 spiro atoms. The lowest BCUT2D eigenvalue weighted by atomic mass is 9.92. The third-order valence-electron chi connectivity index (χ3n) is 4.44. The van der Waals surface area contributed by atoms with E-state index in [0.717, 1.165) is 12.0 Å². The van der Waals surface area contributed by atoms with Crippen LogP contribution in [0.1, 0.15) is 43.6 Å². The van der Waals surface area contributed by atoms with Crippen LogP contribution in [0.3, 0.4) is 0 Å². The van der Waals surface area contributed by atoms with Gasteiger partial charge in [-0.2, -0.15) is 0 Å². The minimum absolute atomic E-state index is 0.0854. The fourth-order valence-corrected chi connectivity index (χ4v) is 3.37. The molecule has 16 heavy (non-hydrogen) atoms. The van der Waals surface area contributed by atoms with Crippen LogP contribution in [0.15, 0.2) is 24.3 Å². The van der Waals surface area contributed by atoms with E-state index >= 15 is 0 Å². The smallest absolute Gasteiger partial charge is 0.126 e. The van der Waals surface area contributed by atoms with E-state index < -0.39 is 0 Å². The van der Waals surface area contributed by atoms with Gasteiger partial charge in [0.2, 0.25) is 0 Å². The molecule has 1 aromatic rings. The molecule has 0 aromatic heterocycles. The summed E-state index contributed by atoms with van der Waals surface area (Å²) in [6.07, 6.45) is 6.04. The molecule has 2 saturated carbocycles. The Bertz CT molecular complexity index is 397. The van der Waals surface area contributed by atoms with Crippen LogP contribution in [0, 0.1) is 11.7 Å². The molecule has 0 heterocycles. The number of hydrogen-bond acceptors (Lipinski definition) is 1. The number of rotatable bonds is 2. The van der Waals surface area contributed by atoms with Gasteiger partial charge in [-0.15, -0.1) is 0 Å². The van der Waals surface area contributed by atoms with E-state index in [1.165, 1.54) is 25.7 Å². The van der Waals surface area contributed by atoms with Crippen molar-refractivity contribution >= 4 is 0 Å². The van der Waals surface area contributed by atoms with Crippen molar-refractivity contribution in [1.82, 2.24) is 0 Å². The van der Waals surface area contributed by atoms with Crippen LogP contribution in [0.25, 0.3) is 0 Å². The number of benzene rings is 1. The zero-order valence-corrected chi connectivity index (χ0v) is 9.45. The molecule has 1 aromatic carbocycles. The van der Waals surface area contributed by atoms with Crippen LogP contribution in [0.4, 0.5) is 4.39 Å². The van der Waals surface area contributed by atoms with Gasteiger partial charge in [0.1, 0.15) is 5.82 Å². The van der Waals surface area contributed by atoms with Gasteiger partial charge in [-0.1, -0.05) is 31.0 Å². The highest BCUT2D eigenvalue weighted by molar-refractivity contribution is 5.35. The Labute approximate surface area is 95.8 Å². The van der Waals surface area contributed by atoms with Crippen molar-refractivity contribution in [2.45, 2.75) is 43.6 Å². The van der Waals surface area contributed by atoms with Crippen molar-refractivity contribution in [2.24, 2.45) is 11.7 Å². The van der Waals surface area contributed by atoms with E-state index in [9.17, 15) is 4.39 Å². The van der Waals surface area contributed by atoms with E-state index in [4.69, 9.17) is 5.73 Å². The third-order valence-corrected chi connectivity index (χ3v) is 4.44. The molecule has 86 valence electrons. The lowest BCUT2D eigenvalue weighted by Crippen LogP contribution is -2.32. The van der Waals surface area contributed by atoms with E-state index in [-0.39, 0.29) is 17.3 Å². The standard InChI is InChI=1S/C14H18FN/c15-13-8-4-3-7-11(13)12-9-14(12,16)10-5-1-2-6-10/h3-4,7-8,10,12H,1-2,5-6,9,16H2. The highest BCUT2D eigenvalue weighted by atomic mass is 19.1. The van der Waals surface area contributed by atoms with Gasteiger partial charge in [0.25, 0.3) is 0 Å². The SMILES string of the molecule is NC1(C2CCCC2)CC1c1ccccc1F. The molecule has 2 atom stereocenters. The van der Waals surface area contributed by atoms with Crippen molar-refractivity contribution < 1.29 is 4.39 Å². The van der Waals surface area contributed by atoms with E-state index in [0.29, 0.717) is 5.92 Å². The first-order valence-electron chi connectivity index (χ1n) is 6.25. The van der Waals surface area contributed by atoms with Crippen LogP contribution in [-0.4, -0.2) is 5.54 Å². The summed E-state index contributed by atoms with van der Waals surface area (Å²) in [5.41, 5.74) is 7.16. The van der Waals surface area contributed by atoms with Gasteiger partial charge >= 0.3 is 0 Å². The normalized spacial score (nSPS) is 34.2. The molecule has 2 heteroatoms. The largest absolute Gasteiger partial charge is 0.324 e.